The molecule has 0 saturated carbocycles. The number of fused-ring (bicyclic) bond motifs is 1. The van der Waals surface area contributed by atoms with Crippen molar-refractivity contribution in [2.75, 3.05) is 34.5 Å². The Hall–Kier alpha value is -3.72. The van der Waals surface area contributed by atoms with Crippen LogP contribution in [0.25, 0.3) is 6.08 Å². The first-order valence-electron chi connectivity index (χ1n) is 12.2. The van der Waals surface area contributed by atoms with Gasteiger partial charge in [-0.2, -0.15) is 0 Å². The Bertz CT molecular complexity index is 1770. The monoisotopic (exact) mass is 660 g/mol. The van der Waals surface area contributed by atoms with Crippen LogP contribution >= 0.6 is 38.9 Å². The summed E-state index contributed by atoms with van der Waals surface area (Å²) in [5, 5.41) is 0.270. The van der Waals surface area contributed by atoms with Crippen LogP contribution in [-0.4, -0.2) is 45.1 Å². The predicted molar refractivity (Wildman–Crippen MR) is 160 cm³/mol. The quantitative estimate of drug-likeness (QED) is 0.250. The zero-order valence-electron chi connectivity index (χ0n) is 22.9. The number of aromatic nitrogens is 1. The third kappa shape index (κ3) is 5.86. The van der Waals surface area contributed by atoms with E-state index in [1.807, 2.05) is 0 Å². The molecule has 3 aromatic rings. The molecule has 41 heavy (non-hydrogen) atoms. The minimum absolute atomic E-state index is 0.0158. The lowest BCUT2D eigenvalue weighted by atomic mass is 9.95. The van der Waals surface area contributed by atoms with Crippen molar-refractivity contribution < 1.29 is 28.5 Å². The number of halogens is 2. The normalized spacial score (nSPS) is 14.6. The fourth-order valence-corrected chi connectivity index (χ4v) is 6.25. The second-order valence-electron chi connectivity index (χ2n) is 8.56. The van der Waals surface area contributed by atoms with E-state index in [0.29, 0.717) is 53.6 Å². The number of hydrogen-bond donors (Lipinski definition) is 0. The number of carbonyl (C=O) groups excluding carboxylic acids is 1. The highest BCUT2D eigenvalue weighted by molar-refractivity contribution is 9.10. The highest BCUT2D eigenvalue weighted by Gasteiger charge is 2.35. The van der Waals surface area contributed by atoms with E-state index < -0.39 is 12.0 Å². The Morgan fingerprint density at radius 3 is 2.49 bits per heavy atom. The molecule has 0 saturated heterocycles. The maximum atomic E-state index is 14.0. The van der Waals surface area contributed by atoms with E-state index in [2.05, 4.69) is 26.8 Å². The van der Waals surface area contributed by atoms with Crippen molar-refractivity contribution in [1.82, 2.24) is 4.57 Å². The van der Waals surface area contributed by atoms with Gasteiger partial charge < -0.3 is 23.7 Å². The second-order valence-corrected chi connectivity index (χ2v) is 10.8. The Morgan fingerprint density at radius 2 is 1.85 bits per heavy atom. The molecule has 0 amide bonds. The van der Waals surface area contributed by atoms with Crippen molar-refractivity contribution in [3.63, 3.8) is 0 Å². The fraction of sp³-hybridized carbons (Fsp3) is 0.276. The van der Waals surface area contributed by atoms with Crippen LogP contribution in [0.2, 0.25) is 5.02 Å². The van der Waals surface area contributed by atoms with E-state index in [9.17, 15) is 9.59 Å². The molecule has 1 aliphatic heterocycles. The Kier molecular flexibility index (Phi) is 9.48. The van der Waals surface area contributed by atoms with Crippen LogP contribution in [0.3, 0.4) is 0 Å². The van der Waals surface area contributed by atoms with Crippen LogP contribution < -0.4 is 33.8 Å². The predicted octanol–water partition coefficient (Wildman–Crippen LogP) is 4.25. The maximum absolute atomic E-state index is 14.0. The molecule has 9 nitrogen and oxygen atoms in total. The number of rotatable bonds is 9. The molecule has 1 aliphatic rings. The van der Waals surface area contributed by atoms with Crippen LogP contribution in [0, 0.1) is 12.3 Å². The molecule has 0 radical (unpaired) electrons. The van der Waals surface area contributed by atoms with Gasteiger partial charge in [-0.15, -0.1) is 6.42 Å². The summed E-state index contributed by atoms with van der Waals surface area (Å²) in [6.07, 6.45) is 6.98. The number of esters is 1. The summed E-state index contributed by atoms with van der Waals surface area (Å²) in [4.78, 5) is 32.2. The van der Waals surface area contributed by atoms with Gasteiger partial charge in [-0.25, -0.2) is 9.79 Å². The zero-order chi connectivity index (χ0) is 29.8. The molecule has 0 aliphatic carbocycles. The highest BCUT2D eigenvalue weighted by atomic mass is 79.9. The summed E-state index contributed by atoms with van der Waals surface area (Å²) in [7, 11) is 4.51. The molecule has 1 atom stereocenters. The van der Waals surface area contributed by atoms with E-state index in [1.54, 1.807) is 44.2 Å². The van der Waals surface area contributed by atoms with E-state index in [0.717, 1.165) is 0 Å². The van der Waals surface area contributed by atoms with Crippen LogP contribution in [0.1, 0.15) is 31.0 Å². The molecule has 0 unspecified atom stereocenters. The number of methoxy groups -OCH3 is 3. The molecule has 12 heteroatoms. The molecule has 0 fully saturated rings. The largest absolute Gasteiger partial charge is 0.493 e. The van der Waals surface area contributed by atoms with Gasteiger partial charge in [-0.05, 0) is 55.3 Å². The molecule has 2 aromatic carbocycles. The van der Waals surface area contributed by atoms with Gasteiger partial charge in [0.05, 0.1) is 54.8 Å². The minimum atomic E-state index is -0.862. The van der Waals surface area contributed by atoms with Gasteiger partial charge in [0.25, 0.3) is 5.56 Å². The van der Waals surface area contributed by atoms with E-state index in [-0.39, 0.29) is 29.4 Å². The molecule has 4 rings (SSSR count). The van der Waals surface area contributed by atoms with Crippen LogP contribution in [0.5, 0.6) is 23.0 Å². The number of ether oxygens (including phenoxy) is 5. The number of hydrogen-bond acceptors (Lipinski definition) is 9. The first-order valence-corrected chi connectivity index (χ1v) is 14.2. The van der Waals surface area contributed by atoms with E-state index in [4.69, 9.17) is 41.7 Å². The van der Waals surface area contributed by atoms with Gasteiger partial charge in [0.2, 0.25) is 0 Å². The molecule has 1 aromatic heterocycles. The molecular weight excluding hydrogens is 636 g/mol. The Labute approximate surface area is 253 Å². The summed E-state index contributed by atoms with van der Waals surface area (Å²) in [5.41, 5.74) is 1.49. The van der Waals surface area contributed by atoms with E-state index >= 15 is 0 Å². The van der Waals surface area contributed by atoms with Crippen molar-refractivity contribution in [2.45, 2.75) is 19.9 Å². The van der Waals surface area contributed by atoms with Gasteiger partial charge >= 0.3 is 5.97 Å². The summed E-state index contributed by atoms with van der Waals surface area (Å²) in [5.74, 6) is 3.39. The number of allylic oxidation sites excluding steroid dienone is 1. The SMILES string of the molecule is C#CCOc1c(Cl)cc(/C=c2\sc3n(c2=O)[C@@H](c2cc(OC)c(OC)cc2Br)C(C(=O)OCC)=C(C)N=3)cc1OC. The topological polar surface area (TPSA) is 97.6 Å². The van der Waals surface area contributed by atoms with Crippen molar-refractivity contribution in [2.24, 2.45) is 4.99 Å². The minimum Gasteiger partial charge on any atom is -0.493 e. The van der Waals surface area contributed by atoms with Crippen molar-refractivity contribution in [3.05, 3.63) is 75.8 Å². The van der Waals surface area contributed by atoms with Crippen molar-refractivity contribution >= 4 is 50.9 Å². The van der Waals surface area contributed by atoms with Crippen LogP contribution in [0.15, 0.2) is 49.8 Å². The second kappa shape index (κ2) is 12.9. The third-order valence-corrected chi connectivity index (χ3v) is 8.11. The van der Waals surface area contributed by atoms with E-state index in [1.165, 1.54) is 37.2 Å². The van der Waals surface area contributed by atoms with Crippen molar-refractivity contribution in [1.29, 1.82) is 0 Å². The molecule has 214 valence electrons. The lowest BCUT2D eigenvalue weighted by molar-refractivity contribution is -0.139. The van der Waals surface area contributed by atoms with Gasteiger partial charge in [-0.1, -0.05) is 44.8 Å². The number of terminal acetylenes is 1. The van der Waals surface area contributed by atoms with Crippen LogP contribution in [0.4, 0.5) is 0 Å². The third-order valence-electron chi connectivity index (χ3n) is 6.16. The number of nitrogens with zero attached hydrogens (tertiary/aromatic N) is 2. The average molecular weight is 662 g/mol. The summed E-state index contributed by atoms with van der Waals surface area (Å²) in [6, 6.07) is 5.92. The summed E-state index contributed by atoms with van der Waals surface area (Å²) >= 11 is 11.2. The van der Waals surface area contributed by atoms with Gasteiger partial charge in [0.15, 0.2) is 27.8 Å². The summed E-state index contributed by atoms with van der Waals surface area (Å²) in [6.45, 7) is 3.60. The fourth-order valence-electron chi connectivity index (χ4n) is 4.39. The van der Waals surface area contributed by atoms with Gasteiger partial charge in [0, 0.05) is 4.47 Å². The zero-order valence-corrected chi connectivity index (χ0v) is 26.0. The molecular formula is C29H26BrClN2O7S. The molecule has 0 bridgehead atoms. The Balaban J connectivity index is 1.97. The lowest BCUT2D eigenvalue weighted by Gasteiger charge is -2.26. The molecule has 2 heterocycles. The number of benzene rings is 2. The number of carbonyl (C=O) groups is 1. The smallest absolute Gasteiger partial charge is 0.338 e. The highest BCUT2D eigenvalue weighted by Crippen LogP contribution is 2.41. The molecule has 0 spiro atoms. The first kappa shape index (κ1) is 30.2. The maximum Gasteiger partial charge on any atom is 0.338 e. The van der Waals surface area contributed by atoms with Gasteiger partial charge in [-0.3, -0.25) is 9.36 Å². The Morgan fingerprint density at radius 1 is 1.17 bits per heavy atom. The number of thiazole rings is 1. The average Bonchev–Trinajstić information content (AvgIpc) is 3.25. The standard InChI is InChI=1S/C29H26BrClN2O7S/c1-7-9-40-26-19(31)10-16(11-22(26)38-6)12-23-27(34)33-25(17-13-20(36-4)21(37-5)14-18(17)30)24(28(35)39-8-2)15(3)32-29(33)41-23/h1,10-14,25H,8-9H2,2-6H3/b23-12-/t25-/m0/s1. The van der Waals surface area contributed by atoms with Crippen LogP contribution in [-0.2, 0) is 9.53 Å². The first-order chi connectivity index (χ1) is 19.7. The lowest BCUT2D eigenvalue weighted by Crippen LogP contribution is -2.40. The van der Waals surface area contributed by atoms with Crippen molar-refractivity contribution in [3.8, 4) is 35.3 Å². The summed E-state index contributed by atoms with van der Waals surface area (Å²) < 4.78 is 29.7. The molecule has 0 N–H and O–H groups in total. The van der Waals surface area contributed by atoms with Gasteiger partial charge in [0.1, 0.15) is 6.61 Å².